The fourth-order valence-corrected chi connectivity index (χ4v) is 1.17. The van der Waals surface area contributed by atoms with Crippen LogP contribution in [-0.2, 0) is 6.42 Å². The minimum atomic E-state index is 1.10. The number of aryl methyl sites for hydroxylation is 3. The molecular weight excluding hydrogens is 134 g/mol. The van der Waals surface area contributed by atoms with Gasteiger partial charge in [0.1, 0.15) is 0 Å². The van der Waals surface area contributed by atoms with Gasteiger partial charge in [0, 0.05) is 11.4 Å². The van der Waals surface area contributed by atoms with Gasteiger partial charge in [-0.2, -0.15) is 0 Å². The van der Waals surface area contributed by atoms with Gasteiger partial charge >= 0.3 is 0 Å². The first-order chi connectivity index (χ1) is 5.24. The highest BCUT2D eigenvalue weighted by atomic mass is 14.7. The van der Waals surface area contributed by atoms with Crippen molar-refractivity contribution in [2.75, 3.05) is 0 Å². The molecule has 0 fully saturated rings. The number of hydrogen-bond donors (Lipinski definition) is 0. The van der Waals surface area contributed by atoms with Crippen LogP contribution in [0.5, 0.6) is 0 Å². The molecule has 0 aliphatic heterocycles. The molecule has 1 nitrogen and oxygen atoms in total. The summed E-state index contributed by atoms with van der Waals surface area (Å²) in [6, 6.07) is 4.21. The molecule has 0 spiro atoms. The molecule has 0 saturated heterocycles. The summed E-state index contributed by atoms with van der Waals surface area (Å²) in [5.74, 6) is 0. The van der Waals surface area contributed by atoms with Crippen LogP contribution in [0.25, 0.3) is 0 Å². The topological polar surface area (TPSA) is 12.9 Å². The van der Waals surface area contributed by atoms with E-state index < -0.39 is 0 Å². The van der Waals surface area contributed by atoms with Gasteiger partial charge in [-0.3, -0.25) is 4.98 Å². The highest BCUT2D eigenvalue weighted by Crippen LogP contribution is 2.07. The van der Waals surface area contributed by atoms with E-state index in [1.54, 1.807) is 0 Å². The van der Waals surface area contributed by atoms with Gasteiger partial charge in [-0.1, -0.05) is 19.4 Å². The molecular formula is C10H15N. The standard InChI is InChI=1S/C10H15N/c1-4-5-10-8(2)6-7-9(3)11-10/h6-7H,4-5H2,1-3H3. The first-order valence-electron chi connectivity index (χ1n) is 4.17. The molecule has 0 atom stereocenters. The quantitative estimate of drug-likeness (QED) is 0.630. The minimum Gasteiger partial charge on any atom is -0.258 e. The molecule has 11 heavy (non-hydrogen) atoms. The van der Waals surface area contributed by atoms with Crippen molar-refractivity contribution in [3.63, 3.8) is 0 Å². The average Bonchev–Trinajstić information content (AvgIpc) is 1.98. The first kappa shape index (κ1) is 8.25. The summed E-state index contributed by atoms with van der Waals surface area (Å²) in [6.45, 7) is 6.35. The van der Waals surface area contributed by atoms with Crippen molar-refractivity contribution in [1.29, 1.82) is 0 Å². The lowest BCUT2D eigenvalue weighted by molar-refractivity contribution is 0.863. The summed E-state index contributed by atoms with van der Waals surface area (Å²) in [6.07, 6.45) is 2.28. The predicted molar refractivity (Wildman–Crippen MR) is 47.7 cm³/mol. The second-order valence-corrected chi connectivity index (χ2v) is 2.97. The Morgan fingerprint density at radius 2 is 2.00 bits per heavy atom. The highest BCUT2D eigenvalue weighted by Gasteiger charge is 1.97. The van der Waals surface area contributed by atoms with E-state index >= 15 is 0 Å². The molecule has 1 aromatic rings. The zero-order chi connectivity index (χ0) is 8.27. The van der Waals surface area contributed by atoms with Crippen LogP contribution in [0.2, 0.25) is 0 Å². The minimum absolute atomic E-state index is 1.10. The van der Waals surface area contributed by atoms with Crippen molar-refractivity contribution in [2.24, 2.45) is 0 Å². The van der Waals surface area contributed by atoms with E-state index in [9.17, 15) is 0 Å². The monoisotopic (exact) mass is 149 g/mol. The summed E-state index contributed by atoms with van der Waals surface area (Å²) < 4.78 is 0. The second kappa shape index (κ2) is 3.51. The number of hydrogen-bond acceptors (Lipinski definition) is 1. The van der Waals surface area contributed by atoms with Crippen LogP contribution >= 0.6 is 0 Å². The lowest BCUT2D eigenvalue weighted by atomic mass is 10.1. The lowest BCUT2D eigenvalue weighted by Crippen LogP contribution is -1.94. The van der Waals surface area contributed by atoms with Crippen LogP contribution < -0.4 is 0 Å². The number of pyridine rings is 1. The summed E-state index contributed by atoms with van der Waals surface area (Å²) in [5.41, 5.74) is 3.70. The third kappa shape index (κ3) is 2.04. The molecule has 1 aromatic heterocycles. The molecule has 0 radical (unpaired) electrons. The smallest absolute Gasteiger partial charge is 0.0435 e. The van der Waals surface area contributed by atoms with Crippen LogP contribution in [0.3, 0.4) is 0 Å². The predicted octanol–water partition coefficient (Wildman–Crippen LogP) is 2.65. The summed E-state index contributed by atoms with van der Waals surface area (Å²) >= 11 is 0. The van der Waals surface area contributed by atoms with Gasteiger partial charge in [-0.05, 0) is 31.9 Å². The Kier molecular flexibility index (Phi) is 2.64. The fourth-order valence-electron chi connectivity index (χ4n) is 1.17. The van der Waals surface area contributed by atoms with E-state index in [1.807, 2.05) is 6.92 Å². The van der Waals surface area contributed by atoms with Crippen LogP contribution in [0.1, 0.15) is 30.3 Å². The van der Waals surface area contributed by atoms with Crippen molar-refractivity contribution < 1.29 is 0 Å². The number of nitrogens with zero attached hydrogens (tertiary/aromatic N) is 1. The maximum atomic E-state index is 4.46. The molecule has 1 heteroatoms. The molecule has 0 N–H and O–H groups in total. The van der Waals surface area contributed by atoms with Gasteiger partial charge in [0.25, 0.3) is 0 Å². The fraction of sp³-hybridized carbons (Fsp3) is 0.500. The van der Waals surface area contributed by atoms with Crippen molar-refractivity contribution >= 4 is 0 Å². The van der Waals surface area contributed by atoms with E-state index in [0.717, 1.165) is 12.1 Å². The maximum Gasteiger partial charge on any atom is 0.0435 e. The van der Waals surface area contributed by atoms with E-state index in [4.69, 9.17) is 0 Å². The van der Waals surface area contributed by atoms with Gasteiger partial charge in [0.2, 0.25) is 0 Å². The molecule has 1 heterocycles. The third-order valence-corrected chi connectivity index (χ3v) is 1.83. The summed E-state index contributed by atoms with van der Waals surface area (Å²) in [4.78, 5) is 4.46. The Balaban J connectivity index is 2.93. The number of aromatic nitrogens is 1. The lowest BCUT2D eigenvalue weighted by Gasteiger charge is -2.03. The largest absolute Gasteiger partial charge is 0.258 e. The zero-order valence-corrected chi connectivity index (χ0v) is 7.52. The summed E-state index contributed by atoms with van der Waals surface area (Å²) in [7, 11) is 0. The third-order valence-electron chi connectivity index (χ3n) is 1.83. The Morgan fingerprint density at radius 1 is 1.27 bits per heavy atom. The molecule has 0 aromatic carbocycles. The van der Waals surface area contributed by atoms with E-state index in [2.05, 4.69) is 31.0 Å². The average molecular weight is 149 g/mol. The maximum absolute atomic E-state index is 4.46. The van der Waals surface area contributed by atoms with Crippen molar-refractivity contribution in [3.05, 3.63) is 29.1 Å². The molecule has 0 aliphatic carbocycles. The van der Waals surface area contributed by atoms with Crippen LogP contribution in [0.15, 0.2) is 12.1 Å². The van der Waals surface area contributed by atoms with Crippen molar-refractivity contribution in [3.8, 4) is 0 Å². The molecule has 0 saturated carbocycles. The molecule has 0 aliphatic rings. The Morgan fingerprint density at radius 3 is 2.64 bits per heavy atom. The van der Waals surface area contributed by atoms with Crippen LogP contribution in [-0.4, -0.2) is 4.98 Å². The van der Waals surface area contributed by atoms with Gasteiger partial charge in [-0.15, -0.1) is 0 Å². The van der Waals surface area contributed by atoms with Crippen molar-refractivity contribution in [2.45, 2.75) is 33.6 Å². The molecule has 60 valence electrons. The Bertz CT molecular complexity index is 241. The van der Waals surface area contributed by atoms with E-state index in [-0.39, 0.29) is 0 Å². The molecule has 0 unspecified atom stereocenters. The zero-order valence-electron chi connectivity index (χ0n) is 7.52. The second-order valence-electron chi connectivity index (χ2n) is 2.97. The SMILES string of the molecule is CCCc1nc(C)ccc1C. The normalized spacial score (nSPS) is 10.1. The van der Waals surface area contributed by atoms with Crippen LogP contribution in [0.4, 0.5) is 0 Å². The van der Waals surface area contributed by atoms with Crippen LogP contribution in [0, 0.1) is 13.8 Å². The Hall–Kier alpha value is -0.850. The van der Waals surface area contributed by atoms with Gasteiger partial charge in [-0.25, -0.2) is 0 Å². The van der Waals surface area contributed by atoms with E-state index in [1.165, 1.54) is 17.7 Å². The summed E-state index contributed by atoms with van der Waals surface area (Å²) in [5, 5.41) is 0. The van der Waals surface area contributed by atoms with Gasteiger partial charge in [0.05, 0.1) is 0 Å². The molecule has 0 bridgehead atoms. The number of rotatable bonds is 2. The molecule has 1 rings (SSSR count). The van der Waals surface area contributed by atoms with Crippen molar-refractivity contribution in [1.82, 2.24) is 4.98 Å². The molecule has 0 amide bonds. The Labute approximate surface area is 68.5 Å². The van der Waals surface area contributed by atoms with E-state index in [0.29, 0.717) is 0 Å². The van der Waals surface area contributed by atoms with Gasteiger partial charge in [0.15, 0.2) is 0 Å². The first-order valence-corrected chi connectivity index (χ1v) is 4.17. The van der Waals surface area contributed by atoms with Gasteiger partial charge < -0.3 is 0 Å². The highest BCUT2D eigenvalue weighted by molar-refractivity contribution is 5.20.